The van der Waals surface area contributed by atoms with Crippen LogP contribution in [0.25, 0.3) is 10.4 Å². The third-order valence-electron chi connectivity index (χ3n) is 4.16. The van der Waals surface area contributed by atoms with Crippen LogP contribution in [0.5, 0.6) is 11.6 Å². The minimum absolute atomic E-state index is 0.119. The van der Waals surface area contributed by atoms with Gasteiger partial charge in [-0.1, -0.05) is 11.3 Å². The van der Waals surface area contributed by atoms with Gasteiger partial charge in [0.1, 0.15) is 5.75 Å². The van der Waals surface area contributed by atoms with Crippen molar-refractivity contribution in [1.29, 1.82) is 0 Å². The molecule has 0 radical (unpaired) electrons. The van der Waals surface area contributed by atoms with Crippen molar-refractivity contribution in [1.82, 2.24) is 15.3 Å². The summed E-state index contributed by atoms with van der Waals surface area (Å²) in [6.07, 6.45) is 3.90. The van der Waals surface area contributed by atoms with E-state index in [1.807, 2.05) is 24.3 Å². The van der Waals surface area contributed by atoms with E-state index in [0.717, 1.165) is 22.1 Å². The summed E-state index contributed by atoms with van der Waals surface area (Å²) in [5.74, 6) is 1.19. The lowest BCUT2D eigenvalue weighted by Crippen LogP contribution is -2.43. The summed E-state index contributed by atoms with van der Waals surface area (Å²) in [7, 11) is 1.54. The van der Waals surface area contributed by atoms with Crippen molar-refractivity contribution in [2.24, 2.45) is 0 Å². The quantitative estimate of drug-likeness (QED) is 0.645. The number of benzene rings is 1. The Bertz CT molecular complexity index is 1000. The Labute approximate surface area is 165 Å². The molecular weight excluding hydrogens is 378 g/mol. The Morgan fingerprint density at radius 1 is 1.14 bits per heavy atom. The molecule has 9 heteroatoms. The van der Waals surface area contributed by atoms with Crippen molar-refractivity contribution >= 4 is 34.1 Å². The average Bonchev–Trinajstić information content (AvgIpc) is 3.18. The standard InChI is InChI=1S/C19H17N5O3S/c1-20-18(26)23-13-4-7-16(21-10-13)27-14-5-2-12(3-6-14)15-11-22-19(28-15)24-9-8-17(24)25/h2-7,10-11H,8-9H2,1H3,(H2,20,23,26). The molecule has 8 nitrogen and oxygen atoms in total. The summed E-state index contributed by atoms with van der Waals surface area (Å²) in [5.41, 5.74) is 1.57. The summed E-state index contributed by atoms with van der Waals surface area (Å²) in [6.45, 7) is 0.739. The first-order valence-electron chi connectivity index (χ1n) is 8.61. The normalized spacial score (nSPS) is 13.0. The Balaban J connectivity index is 1.41. The SMILES string of the molecule is CNC(=O)Nc1ccc(Oc2ccc(-c3cnc(N4CCC4=O)s3)cc2)nc1. The lowest BCUT2D eigenvalue weighted by Gasteiger charge is -2.27. The number of aromatic nitrogens is 2. The first-order valence-corrected chi connectivity index (χ1v) is 9.43. The van der Waals surface area contributed by atoms with Gasteiger partial charge in [-0.05, 0) is 35.9 Å². The van der Waals surface area contributed by atoms with Gasteiger partial charge in [0.05, 0.1) is 16.8 Å². The smallest absolute Gasteiger partial charge is 0.319 e. The van der Waals surface area contributed by atoms with Gasteiger partial charge in [0.2, 0.25) is 11.8 Å². The Morgan fingerprint density at radius 2 is 1.96 bits per heavy atom. The van der Waals surface area contributed by atoms with Gasteiger partial charge in [0.15, 0.2) is 5.13 Å². The van der Waals surface area contributed by atoms with E-state index in [1.165, 1.54) is 17.5 Å². The fourth-order valence-electron chi connectivity index (χ4n) is 2.56. The first kappa shape index (κ1) is 17.9. The van der Waals surface area contributed by atoms with Crippen LogP contribution in [0.3, 0.4) is 0 Å². The number of pyridine rings is 1. The highest BCUT2D eigenvalue weighted by atomic mass is 32.1. The number of rotatable bonds is 5. The number of carbonyl (C=O) groups excluding carboxylic acids is 2. The highest BCUT2D eigenvalue weighted by molar-refractivity contribution is 7.19. The van der Waals surface area contributed by atoms with Gasteiger partial charge in [0.25, 0.3) is 0 Å². The zero-order valence-electron chi connectivity index (χ0n) is 15.0. The molecule has 4 rings (SSSR count). The van der Waals surface area contributed by atoms with Gasteiger partial charge in [-0.3, -0.25) is 9.69 Å². The first-order chi connectivity index (χ1) is 13.6. The molecule has 1 aliphatic rings. The average molecular weight is 395 g/mol. The molecule has 0 atom stereocenters. The second-order valence-corrected chi connectivity index (χ2v) is 7.03. The lowest BCUT2D eigenvalue weighted by atomic mass is 10.2. The lowest BCUT2D eigenvalue weighted by molar-refractivity contribution is -0.122. The largest absolute Gasteiger partial charge is 0.439 e. The Morgan fingerprint density at radius 3 is 2.57 bits per heavy atom. The van der Waals surface area contributed by atoms with Gasteiger partial charge in [0, 0.05) is 32.3 Å². The Kier molecular flexibility index (Phi) is 4.90. The molecule has 3 aromatic rings. The fourth-order valence-corrected chi connectivity index (χ4v) is 3.52. The molecule has 142 valence electrons. The van der Waals surface area contributed by atoms with Crippen LogP contribution in [0.1, 0.15) is 6.42 Å². The molecule has 2 N–H and O–H groups in total. The van der Waals surface area contributed by atoms with E-state index in [2.05, 4.69) is 20.6 Å². The number of nitrogens with one attached hydrogen (secondary N) is 2. The molecule has 2 aromatic heterocycles. The van der Waals surface area contributed by atoms with E-state index < -0.39 is 0 Å². The fraction of sp³-hybridized carbons (Fsp3) is 0.158. The molecular formula is C19H17N5O3S. The number of carbonyl (C=O) groups is 2. The number of ether oxygens (including phenoxy) is 1. The number of urea groups is 1. The van der Waals surface area contributed by atoms with E-state index in [-0.39, 0.29) is 11.9 Å². The van der Waals surface area contributed by atoms with Crippen LogP contribution in [0.2, 0.25) is 0 Å². The number of hydrogen-bond acceptors (Lipinski definition) is 6. The molecule has 1 saturated heterocycles. The van der Waals surface area contributed by atoms with E-state index >= 15 is 0 Å². The number of amides is 3. The van der Waals surface area contributed by atoms with Crippen LogP contribution in [-0.2, 0) is 4.79 Å². The van der Waals surface area contributed by atoms with Crippen LogP contribution >= 0.6 is 11.3 Å². The zero-order valence-corrected chi connectivity index (χ0v) is 15.8. The van der Waals surface area contributed by atoms with Gasteiger partial charge < -0.3 is 15.4 Å². The van der Waals surface area contributed by atoms with Crippen molar-refractivity contribution in [2.45, 2.75) is 6.42 Å². The molecule has 28 heavy (non-hydrogen) atoms. The van der Waals surface area contributed by atoms with Crippen LogP contribution < -0.4 is 20.3 Å². The van der Waals surface area contributed by atoms with Crippen LogP contribution in [0.4, 0.5) is 15.6 Å². The van der Waals surface area contributed by atoms with Crippen LogP contribution in [0, 0.1) is 0 Å². The highest BCUT2D eigenvalue weighted by Gasteiger charge is 2.27. The zero-order chi connectivity index (χ0) is 19.5. The summed E-state index contributed by atoms with van der Waals surface area (Å²) in [5, 5.41) is 5.84. The minimum Gasteiger partial charge on any atom is -0.439 e. The van der Waals surface area contributed by atoms with Crippen molar-refractivity contribution in [3.05, 3.63) is 48.8 Å². The molecule has 0 spiro atoms. The molecule has 0 unspecified atom stereocenters. The van der Waals surface area contributed by atoms with Gasteiger partial charge in [-0.15, -0.1) is 0 Å². The topological polar surface area (TPSA) is 96.5 Å². The maximum Gasteiger partial charge on any atom is 0.319 e. The van der Waals surface area contributed by atoms with Crippen molar-refractivity contribution in [2.75, 3.05) is 23.8 Å². The second-order valence-electron chi connectivity index (χ2n) is 6.02. The second kappa shape index (κ2) is 7.65. The molecule has 1 aromatic carbocycles. The summed E-state index contributed by atoms with van der Waals surface area (Å²) >= 11 is 1.49. The molecule has 0 saturated carbocycles. The third-order valence-corrected chi connectivity index (χ3v) is 5.23. The minimum atomic E-state index is -0.309. The van der Waals surface area contributed by atoms with E-state index in [1.54, 1.807) is 30.3 Å². The van der Waals surface area contributed by atoms with Crippen molar-refractivity contribution in [3.63, 3.8) is 0 Å². The van der Waals surface area contributed by atoms with Crippen molar-refractivity contribution in [3.8, 4) is 22.1 Å². The predicted octanol–water partition coefficient (Wildman–Crippen LogP) is 3.49. The number of hydrogen-bond donors (Lipinski definition) is 2. The molecule has 3 heterocycles. The number of thiazole rings is 1. The summed E-state index contributed by atoms with van der Waals surface area (Å²) in [6, 6.07) is 10.7. The van der Waals surface area contributed by atoms with Crippen molar-refractivity contribution < 1.29 is 14.3 Å². The third kappa shape index (κ3) is 3.79. The number of β-lactam (4-membered cyclic amide) rings is 1. The van der Waals surface area contributed by atoms with Crippen LogP contribution in [0.15, 0.2) is 48.8 Å². The highest BCUT2D eigenvalue weighted by Crippen LogP contribution is 2.34. The molecule has 1 aliphatic heterocycles. The summed E-state index contributed by atoms with van der Waals surface area (Å²) in [4.78, 5) is 34.0. The molecule has 1 fully saturated rings. The number of nitrogens with zero attached hydrogens (tertiary/aromatic N) is 3. The maximum absolute atomic E-state index is 11.5. The Hall–Kier alpha value is -3.46. The van der Waals surface area contributed by atoms with Gasteiger partial charge in [-0.25, -0.2) is 14.8 Å². The number of anilines is 2. The van der Waals surface area contributed by atoms with E-state index in [4.69, 9.17) is 4.74 Å². The molecule has 3 amide bonds. The monoisotopic (exact) mass is 395 g/mol. The summed E-state index contributed by atoms with van der Waals surface area (Å²) < 4.78 is 5.74. The molecule has 0 bridgehead atoms. The predicted molar refractivity (Wildman–Crippen MR) is 107 cm³/mol. The van der Waals surface area contributed by atoms with E-state index in [9.17, 15) is 9.59 Å². The van der Waals surface area contributed by atoms with Gasteiger partial charge >= 0.3 is 6.03 Å². The molecule has 0 aliphatic carbocycles. The van der Waals surface area contributed by atoms with E-state index in [0.29, 0.717) is 23.7 Å². The maximum atomic E-state index is 11.5. The van der Waals surface area contributed by atoms with Crippen LogP contribution in [-0.4, -0.2) is 35.5 Å². The van der Waals surface area contributed by atoms with Gasteiger partial charge in [-0.2, -0.15) is 0 Å².